The minimum atomic E-state index is -1.02. The van der Waals surface area contributed by atoms with E-state index < -0.39 is 29.7 Å². The summed E-state index contributed by atoms with van der Waals surface area (Å²) >= 11 is 0. The van der Waals surface area contributed by atoms with Gasteiger partial charge < -0.3 is 20.1 Å². The highest BCUT2D eigenvalue weighted by molar-refractivity contribution is 5.77. The van der Waals surface area contributed by atoms with Gasteiger partial charge >= 0.3 is 5.97 Å². The van der Waals surface area contributed by atoms with Crippen LogP contribution in [0.3, 0.4) is 0 Å². The summed E-state index contributed by atoms with van der Waals surface area (Å²) in [6.45, 7) is 16.2. The molecule has 0 aromatic heterocycles. The first-order valence-corrected chi connectivity index (χ1v) is 13.1. The van der Waals surface area contributed by atoms with E-state index in [0.717, 1.165) is 48.8 Å². The number of fused-ring (bicyclic) bond motifs is 1. The average molecular weight is 485 g/mol. The van der Waals surface area contributed by atoms with Gasteiger partial charge in [0.15, 0.2) is 0 Å². The number of ether oxygens (including phenoxy) is 1. The van der Waals surface area contributed by atoms with Crippen molar-refractivity contribution in [1.29, 1.82) is 0 Å². The van der Waals surface area contributed by atoms with Crippen molar-refractivity contribution in [3.8, 4) is 0 Å². The molecule has 0 aliphatic heterocycles. The highest BCUT2D eigenvalue weighted by Crippen LogP contribution is 2.59. The molecule has 0 radical (unpaired) electrons. The highest BCUT2D eigenvalue weighted by Gasteiger charge is 2.49. The Hall–Kier alpha value is -1.95. The second-order valence-electron chi connectivity index (χ2n) is 11.4. The van der Waals surface area contributed by atoms with Crippen LogP contribution in [0.15, 0.2) is 59.8 Å². The zero-order valence-electron chi connectivity index (χ0n) is 21.9. The number of allylic oxidation sites excluding steroid dienone is 5. The Morgan fingerprint density at radius 3 is 2.69 bits per heavy atom. The standard InChI is InChI=1S/C30H44O5/c1-7-35-28(34)29(4,5)27(33)15-10-19(2)24-13-14-25-21(9-8-16-30(24,25)6)11-12-22-17-23(31)18-26(32)20(22)3/h10-12,15,23-27,31-33H,2-3,7-9,13-14,16-18H2,1,4-6H3/t23-,24-,25+,26+,27+,30-/m1/s1. The summed E-state index contributed by atoms with van der Waals surface area (Å²) in [5, 5.41) is 30.9. The lowest BCUT2D eigenvalue weighted by Crippen LogP contribution is -2.37. The zero-order valence-corrected chi connectivity index (χ0v) is 21.9. The number of carbonyl (C=O) groups is 1. The summed E-state index contributed by atoms with van der Waals surface area (Å²) in [7, 11) is 0. The number of rotatable bonds is 7. The fourth-order valence-corrected chi connectivity index (χ4v) is 6.32. The Bertz CT molecular complexity index is 923. The molecule has 0 unspecified atom stereocenters. The molecule has 3 fully saturated rings. The van der Waals surface area contributed by atoms with Gasteiger partial charge in [0, 0.05) is 6.42 Å². The van der Waals surface area contributed by atoms with Crippen LogP contribution in [-0.2, 0) is 9.53 Å². The van der Waals surface area contributed by atoms with Crippen molar-refractivity contribution in [2.75, 3.05) is 6.61 Å². The third kappa shape index (κ3) is 5.73. The maximum Gasteiger partial charge on any atom is 0.314 e. The average Bonchev–Trinajstić information content (AvgIpc) is 3.16. The van der Waals surface area contributed by atoms with Gasteiger partial charge in [0.1, 0.15) is 0 Å². The molecule has 3 N–H and O–H groups in total. The zero-order chi connectivity index (χ0) is 26.0. The van der Waals surface area contributed by atoms with E-state index in [-0.39, 0.29) is 12.0 Å². The Morgan fingerprint density at radius 1 is 1.29 bits per heavy atom. The topological polar surface area (TPSA) is 87.0 Å². The van der Waals surface area contributed by atoms with Crippen molar-refractivity contribution in [3.63, 3.8) is 0 Å². The molecular formula is C30H44O5. The summed E-state index contributed by atoms with van der Waals surface area (Å²) < 4.78 is 5.12. The van der Waals surface area contributed by atoms with Crippen molar-refractivity contribution < 1.29 is 24.9 Å². The largest absolute Gasteiger partial charge is 0.465 e. The van der Waals surface area contributed by atoms with E-state index in [4.69, 9.17) is 4.74 Å². The third-order valence-electron chi connectivity index (χ3n) is 8.71. The molecule has 3 aliphatic carbocycles. The van der Waals surface area contributed by atoms with Gasteiger partial charge in [0.05, 0.1) is 30.3 Å². The Kier molecular flexibility index (Phi) is 8.67. The summed E-state index contributed by atoms with van der Waals surface area (Å²) in [4.78, 5) is 12.2. The van der Waals surface area contributed by atoms with Crippen LogP contribution in [0.2, 0.25) is 0 Å². The molecule has 35 heavy (non-hydrogen) atoms. The van der Waals surface area contributed by atoms with Crippen LogP contribution in [0.25, 0.3) is 0 Å². The van der Waals surface area contributed by atoms with Crippen LogP contribution in [-0.4, -0.2) is 46.2 Å². The predicted octanol–water partition coefficient (Wildman–Crippen LogP) is 5.19. The monoisotopic (exact) mass is 484 g/mol. The Balaban J connectivity index is 1.74. The third-order valence-corrected chi connectivity index (χ3v) is 8.71. The number of carbonyl (C=O) groups excluding carboxylic acids is 1. The molecule has 0 spiro atoms. The normalized spacial score (nSPS) is 34.9. The molecule has 0 aromatic rings. The summed E-state index contributed by atoms with van der Waals surface area (Å²) in [5.41, 5.74) is 3.16. The molecule has 0 bridgehead atoms. The molecule has 6 atom stereocenters. The maximum atomic E-state index is 12.2. The second-order valence-corrected chi connectivity index (χ2v) is 11.4. The van der Waals surface area contributed by atoms with Crippen LogP contribution in [0.1, 0.15) is 72.6 Å². The van der Waals surface area contributed by atoms with Crippen molar-refractivity contribution in [2.24, 2.45) is 22.7 Å². The van der Waals surface area contributed by atoms with E-state index in [9.17, 15) is 20.1 Å². The molecule has 5 nitrogen and oxygen atoms in total. The van der Waals surface area contributed by atoms with Gasteiger partial charge in [0.2, 0.25) is 0 Å². The molecule has 3 aliphatic rings. The quantitative estimate of drug-likeness (QED) is 0.342. The number of aliphatic hydroxyl groups is 3. The first-order valence-electron chi connectivity index (χ1n) is 13.1. The van der Waals surface area contributed by atoms with Gasteiger partial charge in [-0.1, -0.05) is 55.5 Å². The number of esters is 1. The molecule has 3 rings (SSSR count). The lowest BCUT2D eigenvalue weighted by atomic mass is 9.62. The molecule has 0 amide bonds. The molecule has 3 saturated carbocycles. The number of aliphatic hydroxyl groups excluding tert-OH is 3. The molecular weight excluding hydrogens is 440 g/mol. The van der Waals surface area contributed by atoms with Gasteiger partial charge in [-0.05, 0) is 87.7 Å². The van der Waals surface area contributed by atoms with Crippen LogP contribution in [0.5, 0.6) is 0 Å². The van der Waals surface area contributed by atoms with Crippen LogP contribution in [0.4, 0.5) is 0 Å². The highest BCUT2D eigenvalue weighted by atomic mass is 16.5. The predicted molar refractivity (Wildman–Crippen MR) is 139 cm³/mol. The van der Waals surface area contributed by atoms with Crippen molar-refractivity contribution in [2.45, 2.75) is 91.0 Å². The SMILES string of the molecule is C=C(C=C[C@H](O)C(C)(C)C(=O)OCC)[C@H]1CC[C@H]2C(=CC=C3C[C@@H](O)C[C@H](O)C3=C)CCC[C@]12C. The van der Waals surface area contributed by atoms with E-state index >= 15 is 0 Å². The minimum Gasteiger partial charge on any atom is -0.465 e. The van der Waals surface area contributed by atoms with Gasteiger partial charge in [-0.25, -0.2) is 0 Å². The van der Waals surface area contributed by atoms with Gasteiger partial charge in [-0.3, -0.25) is 4.79 Å². The fourth-order valence-electron chi connectivity index (χ4n) is 6.32. The van der Waals surface area contributed by atoms with Crippen molar-refractivity contribution in [1.82, 2.24) is 0 Å². The fraction of sp³-hybridized carbons (Fsp3) is 0.633. The van der Waals surface area contributed by atoms with E-state index in [2.05, 4.69) is 32.2 Å². The van der Waals surface area contributed by atoms with Crippen molar-refractivity contribution >= 4 is 5.97 Å². The molecule has 194 valence electrons. The second kappa shape index (κ2) is 11.0. The van der Waals surface area contributed by atoms with E-state index in [1.807, 2.05) is 6.08 Å². The van der Waals surface area contributed by atoms with E-state index in [1.165, 1.54) is 5.57 Å². The van der Waals surface area contributed by atoms with E-state index in [0.29, 0.717) is 24.7 Å². The molecule has 5 heteroatoms. The van der Waals surface area contributed by atoms with E-state index in [1.54, 1.807) is 26.8 Å². The Labute approximate surface area is 211 Å². The molecule has 0 heterocycles. The van der Waals surface area contributed by atoms with Crippen LogP contribution in [0, 0.1) is 22.7 Å². The number of hydrogen-bond donors (Lipinski definition) is 3. The number of hydrogen-bond acceptors (Lipinski definition) is 5. The first kappa shape index (κ1) is 27.6. The van der Waals surface area contributed by atoms with Gasteiger partial charge in [-0.15, -0.1) is 0 Å². The summed E-state index contributed by atoms with van der Waals surface area (Å²) in [6, 6.07) is 0. The summed E-state index contributed by atoms with van der Waals surface area (Å²) in [5.74, 6) is 0.356. The van der Waals surface area contributed by atoms with Gasteiger partial charge in [0.25, 0.3) is 0 Å². The van der Waals surface area contributed by atoms with Crippen LogP contribution < -0.4 is 0 Å². The lowest BCUT2D eigenvalue weighted by Gasteiger charge is -2.42. The summed E-state index contributed by atoms with van der Waals surface area (Å²) in [6.07, 6.45) is 12.0. The maximum absolute atomic E-state index is 12.2. The van der Waals surface area contributed by atoms with Crippen molar-refractivity contribution in [3.05, 3.63) is 59.8 Å². The first-order chi connectivity index (χ1) is 16.4. The lowest BCUT2D eigenvalue weighted by molar-refractivity contribution is -0.158. The van der Waals surface area contributed by atoms with Gasteiger partial charge in [-0.2, -0.15) is 0 Å². The smallest absolute Gasteiger partial charge is 0.314 e. The van der Waals surface area contributed by atoms with Crippen LogP contribution >= 0.6 is 0 Å². The Morgan fingerprint density at radius 2 is 2.00 bits per heavy atom. The molecule has 0 saturated heterocycles. The molecule has 0 aromatic carbocycles. The minimum absolute atomic E-state index is 0.0915.